The number of rotatable bonds is 3. The topological polar surface area (TPSA) is 67.2 Å². The molecule has 1 aliphatic heterocycles. The minimum atomic E-state index is -0.220. The highest BCUT2D eigenvalue weighted by Crippen LogP contribution is 2.16. The molecule has 2 amide bonds. The van der Waals surface area contributed by atoms with E-state index in [4.69, 9.17) is 0 Å². The number of benzene rings is 1. The second-order valence-electron chi connectivity index (χ2n) is 5.26. The molecule has 120 valence electrons. The number of anilines is 1. The van der Waals surface area contributed by atoms with Crippen molar-refractivity contribution < 1.29 is 9.59 Å². The first-order valence-electron chi connectivity index (χ1n) is 7.42. The van der Waals surface area contributed by atoms with E-state index in [1.54, 1.807) is 25.2 Å². The van der Waals surface area contributed by atoms with Crippen molar-refractivity contribution in [2.45, 2.75) is 0 Å². The first-order chi connectivity index (χ1) is 11.1. The van der Waals surface area contributed by atoms with Crippen molar-refractivity contribution in [3.63, 3.8) is 0 Å². The van der Waals surface area contributed by atoms with Crippen LogP contribution in [-0.2, 0) is 7.05 Å². The fourth-order valence-electron chi connectivity index (χ4n) is 2.40. The molecule has 6 nitrogen and oxygen atoms in total. The van der Waals surface area contributed by atoms with E-state index < -0.39 is 0 Å². The molecule has 2 heterocycles. The van der Waals surface area contributed by atoms with E-state index in [9.17, 15) is 9.59 Å². The van der Waals surface area contributed by atoms with Crippen LogP contribution in [0.4, 0.5) is 5.82 Å². The summed E-state index contributed by atoms with van der Waals surface area (Å²) in [6, 6.07) is 10.6. The monoisotopic (exact) mass is 330 g/mol. The van der Waals surface area contributed by atoms with Crippen molar-refractivity contribution in [2.24, 2.45) is 7.05 Å². The number of aryl methyl sites for hydroxylation is 1. The lowest BCUT2D eigenvalue weighted by Crippen LogP contribution is -2.38. The van der Waals surface area contributed by atoms with E-state index >= 15 is 0 Å². The van der Waals surface area contributed by atoms with E-state index in [0.717, 1.165) is 24.6 Å². The second-order valence-corrected chi connectivity index (χ2v) is 6.49. The molecule has 7 heteroatoms. The van der Waals surface area contributed by atoms with Crippen LogP contribution in [0, 0.1) is 0 Å². The average Bonchev–Trinajstić information content (AvgIpc) is 2.96. The first kappa shape index (κ1) is 15.6. The average molecular weight is 330 g/mol. The van der Waals surface area contributed by atoms with Crippen LogP contribution in [0.3, 0.4) is 0 Å². The van der Waals surface area contributed by atoms with Crippen LogP contribution in [0.25, 0.3) is 0 Å². The van der Waals surface area contributed by atoms with Gasteiger partial charge in [-0.2, -0.15) is 16.9 Å². The molecule has 0 aliphatic carbocycles. The fourth-order valence-corrected chi connectivity index (χ4v) is 3.30. The lowest BCUT2D eigenvalue weighted by Gasteiger charge is -2.25. The van der Waals surface area contributed by atoms with Gasteiger partial charge in [0.2, 0.25) is 0 Å². The summed E-state index contributed by atoms with van der Waals surface area (Å²) in [4.78, 5) is 26.5. The highest BCUT2D eigenvalue weighted by atomic mass is 32.2. The molecule has 1 fully saturated rings. The third-order valence-corrected chi connectivity index (χ3v) is 4.62. The van der Waals surface area contributed by atoms with Crippen LogP contribution in [-0.4, -0.2) is 51.1 Å². The van der Waals surface area contributed by atoms with Gasteiger partial charge in [0.05, 0.1) is 0 Å². The highest BCUT2D eigenvalue weighted by molar-refractivity contribution is 7.99. The van der Waals surface area contributed by atoms with Gasteiger partial charge in [0.15, 0.2) is 5.69 Å². The van der Waals surface area contributed by atoms with Gasteiger partial charge < -0.3 is 10.2 Å². The Labute approximate surface area is 138 Å². The Morgan fingerprint density at radius 1 is 1.17 bits per heavy atom. The standard InChI is InChI=1S/C16H18N4O2S/c1-19-14(17-15(21)12-5-3-2-4-6-12)11-13(18-19)16(22)20-7-9-23-10-8-20/h2-6,11H,7-10H2,1H3,(H,17,21). The van der Waals surface area contributed by atoms with E-state index in [0.29, 0.717) is 17.1 Å². The zero-order chi connectivity index (χ0) is 16.2. The van der Waals surface area contributed by atoms with Crippen molar-refractivity contribution in [1.29, 1.82) is 0 Å². The Hall–Kier alpha value is -2.28. The summed E-state index contributed by atoms with van der Waals surface area (Å²) in [5.74, 6) is 2.11. The molecule has 1 N–H and O–H groups in total. The van der Waals surface area contributed by atoms with Crippen LogP contribution < -0.4 is 5.32 Å². The Bertz CT molecular complexity index is 708. The molecule has 0 saturated carbocycles. The van der Waals surface area contributed by atoms with E-state index in [1.807, 2.05) is 34.9 Å². The minimum Gasteiger partial charge on any atom is -0.336 e. The van der Waals surface area contributed by atoms with Gasteiger partial charge in [-0.25, -0.2) is 0 Å². The molecule has 0 unspecified atom stereocenters. The number of hydrogen-bond acceptors (Lipinski definition) is 4. The smallest absolute Gasteiger partial charge is 0.274 e. The van der Waals surface area contributed by atoms with Crippen molar-refractivity contribution in [3.8, 4) is 0 Å². The molecular formula is C16H18N4O2S. The molecule has 0 atom stereocenters. The summed E-state index contributed by atoms with van der Waals surface area (Å²) in [6.45, 7) is 1.48. The predicted molar refractivity (Wildman–Crippen MR) is 90.8 cm³/mol. The number of nitrogens with one attached hydrogen (secondary N) is 1. The third kappa shape index (κ3) is 3.56. The Kier molecular flexibility index (Phi) is 4.66. The molecule has 1 aromatic heterocycles. The van der Waals surface area contributed by atoms with E-state index in [1.165, 1.54) is 4.68 Å². The number of hydrogen-bond donors (Lipinski definition) is 1. The SMILES string of the molecule is Cn1nc(C(=O)N2CCSCC2)cc1NC(=O)c1ccccc1. The summed E-state index contributed by atoms with van der Waals surface area (Å²) >= 11 is 1.85. The van der Waals surface area contributed by atoms with Gasteiger partial charge in [-0.1, -0.05) is 18.2 Å². The first-order valence-corrected chi connectivity index (χ1v) is 8.58. The molecule has 23 heavy (non-hydrogen) atoms. The molecule has 0 bridgehead atoms. The van der Waals surface area contributed by atoms with Gasteiger partial charge >= 0.3 is 0 Å². The summed E-state index contributed by atoms with van der Waals surface area (Å²) < 4.78 is 1.52. The van der Waals surface area contributed by atoms with E-state index in [2.05, 4.69) is 10.4 Å². The molecular weight excluding hydrogens is 312 g/mol. The van der Waals surface area contributed by atoms with Crippen LogP contribution >= 0.6 is 11.8 Å². The van der Waals surface area contributed by atoms with Gasteiger partial charge in [-0.15, -0.1) is 0 Å². The molecule has 0 radical (unpaired) electrons. The van der Waals surface area contributed by atoms with Crippen molar-refractivity contribution in [1.82, 2.24) is 14.7 Å². The number of thioether (sulfide) groups is 1. The number of amides is 2. The summed E-state index contributed by atoms with van der Waals surface area (Å²) in [7, 11) is 1.71. The van der Waals surface area contributed by atoms with Crippen molar-refractivity contribution in [2.75, 3.05) is 29.9 Å². The predicted octanol–water partition coefficient (Wildman–Crippen LogP) is 1.86. The van der Waals surface area contributed by atoms with Crippen LogP contribution in [0.2, 0.25) is 0 Å². The van der Waals surface area contributed by atoms with Gasteiger partial charge in [0.1, 0.15) is 5.82 Å². The maximum atomic E-state index is 12.4. The van der Waals surface area contributed by atoms with Gasteiger partial charge in [-0.05, 0) is 12.1 Å². The van der Waals surface area contributed by atoms with Crippen molar-refractivity contribution in [3.05, 3.63) is 47.7 Å². The third-order valence-electron chi connectivity index (χ3n) is 3.67. The zero-order valence-corrected chi connectivity index (χ0v) is 13.7. The second kappa shape index (κ2) is 6.87. The number of nitrogens with zero attached hydrogens (tertiary/aromatic N) is 3. The molecule has 1 aliphatic rings. The lowest BCUT2D eigenvalue weighted by molar-refractivity contribution is 0.0765. The van der Waals surface area contributed by atoms with E-state index in [-0.39, 0.29) is 11.8 Å². The summed E-state index contributed by atoms with van der Waals surface area (Å²) in [5.41, 5.74) is 0.928. The zero-order valence-electron chi connectivity index (χ0n) is 12.9. The molecule has 3 rings (SSSR count). The summed E-state index contributed by atoms with van der Waals surface area (Å²) in [6.07, 6.45) is 0. The van der Waals surface area contributed by atoms with Gasteiger partial charge in [-0.3, -0.25) is 14.3 Å². The molecule has 0 spiro atoms. The Morgan fingerprint density at radius 2 is 1.87 bits per heavy atom. The quantitative estimate of drug-likeness (QED) is 0.933. The largest absolute Gasteiger partial charge is 0.336 e. The molecule has 1 saturated heterocycles. The van der Waals surface area contributed by atoms with Gasteiger partial charge in [0.25, 0.3) is 11.8 Å². The number of carbonyl (C=O) groups is 2. The maximum Gasteiger partial charge on any atom is 0.274 e. The Balaban J connectivity index is 1.73. The van der Waals surface area contributed by atoms with Crippen LogP contribution in [0.5, 0.6) is 0 Å². The van der Waals surface area contributed by atoms with Crippen molar-refractivity contribution >= 4 is 29.4 Å². The Morgan fingerprint density at radius 3 is 2.57 bits per heavy atom. The van der Waals surface area contributed by atoms with Crippen LogP contribution in [0.15, 0.2) is 36.4 Å². The highest BCUT2D eigenvalue weighted by Gasteiger charge is 2.22. The fraction of sp³-hybridized carbons (Fsp3) is 0.312. The maximum absolute atomic E-state index is 12.4. The van der Waals surface area contributed by atoms with Gasteiger partial charge in [0, 0.05) is 43.3 Å². The number of aromatic nitrogens is 2. The normalized spacial score (nSPS) is 14.6. The molecule has 2 aromatic rings. The number of carbonyl (C=O) groups excluding carboxylic acids is 2. The lowest BCUT2D eigenvalue weighted by atomic mass is 10.2. The molecule has 1 aromatic carbocycles. The minimum absolute atomic E-state index is 0.0823. The summed E-state index contributed by atoms with van der Waals surface area (Å²) in [5, 5.41) is 7.03. The van der Waals surface area contributed by atoms with Crippen LogP contribution in [0.1, 0.15) is 20.8 Å².